The number of hydrogen-bond acceptors (Lipinski definition) is 3. The SMILES string of the molecule is Cc1cc(NCCc2ccccc2)n2ncc(-c3ccccc3Cl)c2n1. The van der Waals surface area contributed by atoms with Crippen LogP contribution in [0.1, 0.15) is 11.3 Å². The minimum absolute atomic E-state index is 0.698. The summed E-state index contributed by atoms with van der Waals surface area (Å²) in [7, 11) is 0. The van der Waals surface area contributed by atoms with Crippen molar-refractivity contribution < 1.29 is 0 Å². The molecule has 0 aliphatic heterocycles. The summed E-state index contributed by atoms with van der Waals surface area (Å²) in [5.74, 6) is 0.932. The van der Waals surface area contributed by atoms with Crippen molar-refractivity contribution in [3.05, 3.63) is 83.1 Å². The van der Waals surface area contributed by atoms with Gasteiger partial charge < -0.3 is 5.32 Å². The van der Waals surface area contributed by atoms with E-state index in [-0.39, 0.29) is 0 Å². The van der Waals surface area contributed by atoms with E-state index in [9.17, 15) is 0 Å². The molecule has 2 aromatic carbocycles. The molecular weight excluding hydrogens is 344 g/mol. The summed E-state index contributed by atoms with van der Waals surface area (Å²) < 4.78 is 1.84. The molecule has 0 spiro atoms. The monoisotopic (exact) mass is 362 g/mol. The van der Waals surface area contributed by atoms with Gasteiger partial charge in [-0.15, -0.1) is 0 Å². The molecule has 0 fully saturated rings. The lowest BCUT2D eigenvalue weighted by Gasteiger charge is -2.10. The first-order valence-corrected chi connectivity index (χ1v) is 8.98. The lowest BCUT2D eigenvalue weighted by atomic mass is 10.1. The fourth-order valence-corrected chi connectivity index (χ4v) is 3.30. The molecule has 0 amide bonds. The van der Waals surface area contributed by atoms with Gasteiger partial charge >= 0.3 is 0 Å². The van der Waals surface area contributed by atoms with Crippen LogP contribution in [0.15, 0.2) is 66.9 Å². The van der Waals surface area contributed by atoms with Gasteiger partial charge in [-0.05, 0) is 25.0 Å². The summed E-state index contributed by atoms with van der Waals surface area (Å²) in [6.45, 7) is 2.82. The second-order valence-electron chi connectivity index (χ2n) is 6.22. The predicted molar refractivity (Wildman–Crippen MR) is 107 cm³/mol. The van der Waals surface area contributed by atoms with Crippen LogP contribution in [0.3, 0.4) is 0 Å². The number of nitrogens with zero attached hydrogens (tertiary/aromatic N) is 3. The topological polar surface area (TPSA) is 42.2 Å². The lowest BCUT2D eigenvalue weighted by Crippen LogP contribution is -2.10. The second kappa shape index (κ2) is 7.18. The van der Waals surface area contributed by atoms with Gasteiger partial charge in [-0.1, -0.05) is 60.1 Å². The molecule has 4 rings (SSSR count). The van der Waals surface area contributed by atoms with Crippen molar-refractivity contribution in [2.75, 3.05) is 11.9 Å². The van der Waals surface area contributed by atoms with Crippen LogP contribution in [0.5, 0.6) is 0 Å². The third-order valence-corrected chi connectivity index (χ3v) is 4.66. The zero-order valence-electron chi connectivity index (χ0n) is 14.5. The molecule has 4 aromatic rings. The average Bonchev–Trinajstić information content (AvgIpc) is 3.06. The highest BCUT2D eigenvalue weighted by atomic mass is 35.5. The standard InChI is InChI=1S/C21H19ClN4/c1-15-13-20(23-12-11-16-7-3-2-4-8-16)26-21(25-15)18(14-24-26)17-9-5-6-10-19(17)22/h2-10,13-14,23H,11-12H2,1H3. The fourth-order valence-electron chi connectivity index (χ4n) is 3.06. The van der Waals surface area contributed by atoms with E-state index < -0.39 is 0 Å². The van der Waals surface area contributed by atoms with E-state index in [4.69, 9.17) is 11.6 Å². The van der Waals surface area contributed by atoms with E-state index in [1.165, 1.54) is 5.56 Å². The minimum atomic E-state index is 0.698. The largest absolute Gasteiger partial charge is 0.370 e. The zero-order chi connectivity index (χ0) is 17.9. The van der Waals surface area contributed by atoms with E-state index in [1.54, 1.807) is 0 Å². The number of halogens is 1. The van der Waals surface area contributed by atoms with Crippen LogP contribution in [0.2, 0.25) is 5.02 Å². The first kappa shape index (κ1) is 16.6. The van der Waals surface area contributed by atoms with Gasteiger partial charge in [-0.25, -0.2) is 4.98 Å². The molecule has 26 heavy (non-hydrogen) atoms. The Morgan fingerprint density at radius 1 is 1.00 bits per heavy atom. The molecule has 4 nitrogen and oxygen atoms in total. The van der Waals surface area contributed by atoms with E-state index in [2.05, 4.69) is 39.7 Å². The molecule has 0 bridgehead atoms. The van der Waals surface area contributed by atoms with Crippen LogP contribution in [-0.4, -0.2) is 21.1 Å². The summed E-state index contributed by atoms with van der Waals surface area (Å²) >= 11 is 6.37. The first-order valence-electron chi connectivity index (χ1n) is 8.60. The Balaban J connectivity index is 1.65. The van der Waals surface area contributed by atoms with Crippen molar-refractivity contribution in [3.63, 3.8) is 0 Å². The van der Waals surface area contributed by atoms with Gasteiger partial charge in [-0.3, -0.25) is 0 Å². The summed E-state index contributed by atoms with van der Waals surface area (Å²) in [5, 5.41) is 8.72. The van der Waals surface area contributed by atoms with Crippen LogP contribution < -0.4 is 5.32 Å². The maximum absolute atomic E-state index is 6.37. The molecule has 1 N–H and O–H groups in total. The maximum Gasteiger partial charge on any atom is 0.165 e. The Morgan fingerprint density at radius 2 is 1.77 bits per heavy atom. The Morgan fingerprint density at radius 3 is 2.58 bits per heavy atom. The highest BCUT2D eigenvalue weighted by molar-refractivity contribution is 6.33. The predicted octanol–water partition coefficient (Wildman–Crippen LogP) is 5.01. The molecule has 0 radical (unpaired) electrons. The number of fused-ring (bicyclic) bond motifs is 1. The van der Waals surface area contributed by atoms with Crippen LogP contribution in [-0.2, 0) is 6.42 Å². The normalized spacial score (nSPS) is 11.0. The minimum Gasteiger partial charge on any atom is -0.370 e. The van der Waals surface area contributed by atoms with Crippen molar-refractivity contribution in [1.82, 2.24) is 14.6 Å². The Labute approximate surface area is 157 Å². The fraction of sp³-hybridized carbons (Fsp3) is 0.143. The molecular formula is C21H19ClN4. The molecule has 0 saturated carbocycles. The molecule has 0 unspecified atom stereocenters. The van der Waals surface area contributed by atoms with Gasteiger partial charge in [0.2, 0.25) is 0 Å². The number of anilines is 1. The van der Waals surface area contributed by atoms with Gasteiger partial charge in [0.05, 0.1) is 6.20 Å². The quantitative estimate of drug-likeness (QED) is 0.542. The highest BCUT2D eigenvalue weighted by Crippen LogP contribution is 2.31. The van der Waals surface area contributed by atoms with Gasteiger partial charge in [-0.2, -0.15) is 9.61 Å². The molecule has 130 valence electrons. The number of benzene rings is 2. The third kappa shape index (κ3) is 3.28. The van der Waals surface area contributed by atoms with Crippen molar-refractivity contribution >= 4 is 23.1 Å². The van der Waals surface area contributed by atoms with E-state index in [0.29, 0.717) is 5.02 Å². The van der Waals surface area contributed by atoms with Crippen LogP contribution in [0.25, 0.3) is 16.8 Å². The smallest absolute Gasteiger partial charge is 0.165 e. The summed E-state index contributed by atoms with van der Waals surface area (Å²) in [6.07, 6.45) is 2.77. The maximum atomic E-state index is 6.37. The van der Waals surface area contributed by atoms with Crippen molar-refractivity contribution in [3.8, 4) is 11.1 Å². The van der Waals surface area contributed by atoms with E-state index >= 15 is 0 Å². The zero-order valence-corrected chi connectivity index (χ0v) is 15.2. The van der Waals surface area contributed by atoms with Crippen molar-refractivity contribution in [1.29, 1.82) is 0 Å². The highest BCUT2D eigenvalue weighted by Gasteiger charge is 2.13. The number of rotatable bonds is 5. The number of aromatic nitrogens is 3. The Bertz CT molecular complexity index is 1040. The molecule has 0 saturated heterocycles. The molecule has 0 aliphatic rings. The van der Waals surface area contributed by atoms with Crippen molar-refractivity contribution in [2.24, 2.45) is 0 Å². The van der Waals surface area contributed by atoms with Crippen molar-refractivity contribution in [2.45, 2.75) is 13.3 Å². The summed E-state index contributed by atoms with van der Waals surface area (Å²) in [6, 6.07) is 20.2. The molecule has 0 atom stereocenters. The number of nitrogens with one attached hydrogen (secondary N) is 1. The Kier molecular flexibility index (Phi) is 4.59. The van der Waals surface area contributed by atoms with Crippen LogP contribution in [0, 0.1) is 6.92 Å². The van der Waals surface area contributed by atoms with Gasteiger partial charge in [0.15, 0.2) is 5.65 Å². The molecule has 5 heteroatoms. The average molecular weight is 363 g/mol. The van der Waals surface area contributed by atoms with Gasteiger partial charge in [0.25, 0.3) is 0 Å². The first-order chi connectivity index (χ1) is 12.7. The van der Waals surface area contributed by atoms with Gasteiger partial charge in [0, 0.05) is 34.5 Å². The number of hydrogen-bond donors (Lipinski definition) is 1. The second-order valence-corrected chi connectivity index (χ2v) is 6.63. The van der Waals surface area contributed by atoms with E-state index in [1.807, 2.05) is 54.0 Å². The van der Waals surface area contributed by atoms with Gasteiger partial charge in [0.1, 0.15) is 5.82 Å². The third-order valence-electron chi connectivity index (χ3n) is 4.33. The molecule has 2 heterocycles. The lowest BCUT2D eigenvalue weighted by molar-refractivity contribution is 0.906. The number of aryl methyl sites for hydroxylation is 1. The summed E-state index contributed by atoms with van der Waals surface area (Å²) in [4.78, 5) is 4.68. The molecule has 0 aliphatic carbocycles. The molecule has 2 aromatic heterocycles. The summed E-state index contributed by atoms with van der Waals surface area (Å²) in [5.41, 5.74) is 4.93. The van der Waals surface area contributed by atoms with Crippen LogP contribution >= 0.6 is 11.6 Å². The van der Waals surface area contributed by atoms with E-state index in [0.717, 1.165) is 41.3 Å². The Hall–Kier alpha value is -2.85. The van der Waals surface area contributed by atoms with Crippen LogP contribution in [0.4, 0.5) is 5.82 Å².